The van der Waals surface area contributed by atoms with Crippen LogP contribution in [0.2, 0.25) is 0 Å². The largest absolute Gasteiger partial charge is 0.508 e. The van der Waals surface area contributed by atoms with Crippen molar-refractivity contribution < 1.29 is 9.90 Å². The molecular formula is C11H14N2O2. The van der Waals surface area contributed by atoms with Crippen LogP contribution in [0, 0.1) is 5.92 Å². The van der Waals surface area contributed by atoms with Crippen molar-refractivity contribution in [2.24, 2.45) is 11.7 Å². The lowest BCUT2D eigenvalue weighted by Gasteiger charge is -2.15. The minimum Gasteiger partial charge on any atom is -0.508 e. The van der Waals surface area contributed by atoms with E-state index in [4.69, 9.17) is 5.73 Å². The number of nitrogens with one attached hydrogen (secondary N) is 1. The van der Waals surface area contributed by atoms with E-state index < -0.39 is 0 Å². The number of aromatic hydroxyl groups is 1. The van der Waals surface area contributed by atoms with Gasteiger partial charge in [-0.3, -0.25) is 4.79 Å². The number of phenolic OH excluding ortho intramolecular Hbond substituents is 1. The van der Waals surface area contributed by atoms with Gasteiger partial charge in [-0.2, -0.15) is 0 Å². The molecule has 0 saturated carbocycles. The quantitative estimate of drug-likeness (QED) is 0.646. The highest BCUT2D eigenvalue weighted by Crippen LogP contribution is 2.29. The van der Waals surface area contributed by atoms with Crippen LogP contribution < -0.4 is 11.1 Å². The highest BCUT2D eigenvalue weighted by Gasteiger charge is 2.32. The Bertz CT molecular complexity index is 379. The van der Waals surface area contributed by atoms with Gasteiger partial charge in [0, 0.05) is 19.0 Å². The molecule has 2 atom stereocenters. The van der Waals surface area contributed by atoms with Crippen molar-refractivity contribution >= 4 is 5.91 Å². The molecule has 1 aliphatic heterocycles. The second kappa shape index (κ2) is 3.90. The summed E-state index contributed by atoms with van der Waals surface area (Å²) in [6, 6.07) is 6.99. The van der Waals surface area contributed by atoms with E-state index in [1.807, 2.05) is 6.07 Å². The third-order valence-corrected chi connectivity index (χ3v) is 2.88. The van der Waals surface area contributed by atoms with Gasteiger partial charge in [0.2, 0.25) is 5.91 Å². The molecule has 80 valence electrons. The fraction of sp³-hybridized carbons (Fsp3) is 0.364. The third kappa shape index (κ3) is 1.94. The minimum atomic E-state index is -0.284. The number of carbonyl (C=O) groups is 1. The van der Waals surface area contributed by atoms with E-state index in [0.29, 0.717) is 6.54 Å². The van der Waals surface area contributed by atoms with Crippen molar-refractivity contribution in [1.29, 1.82) is 0 Å². The summed E-state index contributed by atoms with van der Waals surface area (Å²) in [6.07, 6.45) is 0. The first-order valence-corrected chi connectivity index (χ1v) is 4.97. The average Bonchev–Trinajstić information content (AvgIpc) is 2.65. The van der Waals surface area contributed by atoms with Crippen LogP contribution in [0.1, 0.15) is 11.5 Å². The lowest BCUT2D eigenvalue weighted by molar-refractivity contribution is -0.121. The van der Waals surface area contributed by atoms with E-state index in [1.165, 1.54) is 0 Å². The summed E-state index contributed by atoms with van der Waals surface area (Å²) in [4.78, 5) is 11.2. The number of phenols is 1. The molecule has 0 bridgehead atoms. The lowest BCUT2D eigenvalue weighted by atomic mass is 9.88. The first-order chi connectivity index (χ1) is 7.18. The molecule has 4 nitrogen and oxygen atoms in total. The highest BCUT2D eigenvalue weighted by molar-refractivity contribution is 5.78. The molecule has 1 saturated heterocycles. The van der Waals surface area contributed by atoms with Crippen molar-refractivity contribution in [2.75, 3.05) is 13.1 Å². The fourth-order valence-electron chi connectivity index (χ4n) is 2.08. The molecule has 1 aromatic carbocycles. The number of nitrogens with two attached hydrogens (primary N) is 1. The monoisotopic (exact) mass is 206 g/mol. The second-order valence-corrected chi connectivity index (χ2v) is 3.87. The van der Waals surface area contributed by atoms with Gasteiger partial charge in [0.15, 0.2) is 0 Å². The van der Waals surface area contributed by atoms with E-state index >= 15 is 0 Å². The number of amides is 1. The Hall–Kier alpha value is -1.55. The zero-order valence-electron chi connectivity index (χ0n) is 8.31. The van der Waals surface area contributed by atoms with Gasteiger partial charge in [0.05, 0.1) is 5.92 Å². The summed E-state index contributed by atoms with van der Waals surface area (Å²) in [5.41, 5.74) is 6.28. The third-order valence-electron chi connectivity index (χ3n) is 2.88. The van der Waals surface area contributed by atoms with Crippen molar-refractivity contribution in [3.05, 3.63) is 29.8 Å². The van der Waals surface area contributed by atoms with Crippen LogP contribution in [-0.2, 0) is 4.79 Å². The summed E-state index contributed by atoms with van der Waals surface area (Å²) in [5, 5.41) is 12.5. The summed E-state index contributed by atoms with van der Waals surface area (Å²) < 4.78 is 0. The predicted molar refractivity (Wildman–Crippen MR) is 56.4 cm³/mol. The molecule has 1 heterocycles. The number of benzene rings is 1. The Labute approximate surface area is 88.1 Å². The minimum absolute atomic E-state index is 0.0783. The highest BCUT2D eigenvalue weighted by atomic mass is 16.3. The average molecular weight is 206 g/mol. The van der Waals surface area contributed by atoms with Crippen LogP contribution in [0.5, 0.6) is 5.75 Å². The number of rotatable bonds is 2. The van der Waals surface area contributed by atoms with Crippen LogP contribution in [0.3, 0.4) is 0 Å². The number of hydrogen-bond donors (Lipinski definition) is 3. The number of primary amides is 1. The molecule has 1 aromatic rings. The molecule has 1 aliphatic rings. The molecule has 1 unspecified atom stereocenters. The molecule has 1 fully saturated rings. The first-order valence-electron chi connectivity index (χ1n) is 4.97. The Balaban J connectivity index is 2.26. The van der Waals surface area contributed by atoms with Crippen molar-refractivity contribution in [3.8, 4) is 5.75 Å². The zero-order valence-corrected chi connectivity index (χ0v) is 8.31. The van der Waals surface area contributed by atoms with Crippen molar-refractivity contribution in [3.63, 3.8) is 0 Å². The Morgan fingerprint density at radius 3 is 2.93 bits per heavy atom. The summed E-state index contributed by atoms with van der Waals surface area (Å²) >= 11 is 0. The van der Waals surface area contributed by atoms with Crippen LogP contribution in [0.4, 0.5) is 0 Å². The SMILES string of the molecule is NC(=O)C1CNC[C@H]1c1cccc(O)c1. The first kappa shape index (κ1) is 9.98. The van der Waals surface area contributed by atoms with E-state index in [1.54, 1.807) is 18.2 Å². The molecule has 0 aromatic heterocycles. The van der Waals surface area contributed by atoms with Crippen LogP contribution in [-0.4, -0.2) is 24.1 Å². The van der Waals surface area contributed by atoms with Gasteiger partial charge >= 0.3 is 0 Å². The molecule has 0 spiro atoms. The Kier molecular flexibility index (Phi) is 2.60. The molecular weight excluding hydrogens is 192 g/mol. The van der Waals surface area contributed by atoms with Gasteiger partial charge in [-0.05, 0) is 17.7 Å². The van der Waals surface area contributed by atoms with E-state index in [9.17, 15) is 9.90 Å². The van der Waals surface area contributed by atoms with Gasteiger partial charge in [-0.1, -0.05) is 12.1 Å². The van der Waals surface area contributed by atoms with Gasteiger partial charge in [-0.25, -0.2) is 0 Å². The molecule has 0 aliphatic carbocycles. The molecule has 15 heavy (non-hydrogen) atoms. The van der Waals surface area contributed by atoms with Crippen molar-refractivity contribution in [1.82, 2.24) is 5.32 Å². The Morgan fingerprint density at radius 2 is 2.27 bits per heavy atom. The van der Waals surface area contributed by atoms with E-state index in [2.05, 4.69) is 5.32 Å². The predicted octanol–water partition coefficient (Wildman–Crippen LogP) is 0.180. The zero-order chi connectivity index (χ0) is 10.8. The topological polar surface area (TPSA) is 75.4 Å². The smallest absolute Gasteiger partial charge is 0.222 e. The Morgan fingerprint density at radius 1 is 1.47 bits per heavy atom. The van der Waals surface area contributed by atoms with Gasteiger partial charge in [-0.15, -0.1) is 0 Å². The van der Waals surface area contributed by atoms with Gasteiger partial charge < -0.3 is 16.2 Å². The standard InChI is InChI=1S/C11H14N2O2/c12-11(15)10-6-13-5-9(10)7-2-1-3-8(14)4-7/h1-4,9-10,13-14H,5-6H2,(H2,12,15)/t9-,10?/m0/s1. The normalized spacial score (nSPS) is 25.3. The van der Waals surface area contributed by atoms with E-state index in [-0.39, 0.29) is 23.5 Å². The van der Waals surface area contributed by atoms with Crippen LogP contribution >= 0.6 is 0 Å². The maximum atomic E-state index is 11.2. The number of hydrogen-bond acceptors (Lipinski definition) is 3. The van der Waals surface area contributed by atoms with Crippen LogP contribution in [0.25, 0.3) is 0 Å². The lowest BCUT2D eigenvalue weighted by Crippen LogP contribution is -2.28. The molecule has 4 N–H and O–H groups in total. The summed E-state index contributed by atoms with van der Waals surface area (Å²) in [5.74, 6) is -0.155. The molecule has 1 amide bonds. The maximum absolute atomic E-state index is 11.2. The fourth-order valence-corrected chi connectivity index (χ4v) is 2.08. The van der Waals surface area contributed by atoms with Gasteiger partial charge in [0.25, 0.3) is 0 Å². The molecule has 2 rings (SSSR count). The number of carbonyl (C=O) groups excluding carboxylic acids is 1. The summed E-state index contributed by atoms with van der Waals surface area (Å²) in [7, 11) is 0. The van der Waals surface area contributed by atoms with Gasteiger partial charge in [0.1, 0.15) is 5.75 Å². The second-order valence-electron chi connectivity index (χ2n) is 3.87. The summed E-state index contributed by atoms with van der Waals surface area (Å²) in [6.45, 7) is 1.35. The van der Waals surface area contributed by atoms with E-state index in [0.717, 1.165) is 12.1 Å². The maximum Gasteiger partial charge on any atom is 0.222 e. The molecule has 0 radical (unpaired) electrons. The molecule has 4 heteroatoms. The van der Waals surface area contributed by atoms with Crippen LogP contribution in [0.15, 0.2) is 24.3 Å². The van der Waals surface area contributed by atoms with Crippen molar-refractivity contribution in [2.45, 2.75) is 5.92 Å².